The molecule has 0 atom stereocenters. The summed E-state index contributed by atoms with van der Waals surface area (Å²) in [5, 5.41) is 10.5. The molecule has 0 bridgehead atoms. The van der Waals surface area contributed by atoms with E-state index in [1.807, 2.05) is 31.2 Å². The molecule has 188 valence electrons. The third-order valence-electron chi connectivity index (χ3n) is 6.11. The number of urea groups is 1. The summed E-state index contributed by atoms with van der Waals surface area (Å²) in [4.78, 5) is 19.2. The molecule has 10 heteroatoms. The molecule has 0 radical (unpaired) electrons. The van der Waals surface area contributed by atoms with Crippen LogP contribution in [0.5, 0.6) is 0 Å². The number of amides is 2. The lowest BCUT2D eigenvalue weighted by Crippen LogP contribution is -2.40. The fourth-order valence-electron chi connectivity index (χ4n) is 4.09. The van der Waals surface area contributed by atoms with Crippen LogP contribution in [0.15, 0.2) is 71.4 Å². The first-order valence-electron chi connectivity index (χ1n) is 11.6. The van der Waals surface area contributed by atoms with Gasteiger partial charge in [0.05, 0.1) is 10.7 Å². The molecule has 4 rings (SSSR count). The molecule has 1 aliphatic rings. The van der Waals surface area contributed by atoms with Gasteiger partial charge in [-0.2, -0.15) is 9.61 Å². The van der Waals surface area contributed by atoms with Crippen molar-refractivity contribution in [1.82, 2.24) is 19.5 Å². The number of benzene rings is 1. The number of fused-ring (bicyclic) bond motifs is 1. The highest BCUT2D eigenvalue weighted by molar-refractivity contribution is 9.10. The van der Waals surface area contributed by atoms with Gasteiger partial charge < -0.3 is 15.5 Å². The number of rotatable bonds is 7. The van der Waals surface area contributed by atoms with Crippen molar-refractivity contribution in [2.75, 3.05) is 30.3 Å². The molecular formula is C26H27BrF2N6O. The average Bonchev–Trinajstić information content (AvgIpc) is 3.27. The van der Waals surface area contributed by atoms with Gasteiger partial charge in [0, 0.05) is 49.1 Å². The Hall–Kier alpha value is -3.53. The second-order valence-electron chi connectivity index (χ2n) is 8.43. The Labute approximate surface area is 216 Å². The van der Waals surface area contributed by atoms with Gasteiger partial charge >= 0.3 is 6.03 Å². The maximum Gasteiger partial charge on any atom is 0.321 e. The van der Waals surface area contributed by atoms with Crippen LogP contribution in [0.25, 0.3) is 5.65 Å². The van der Waals surface area contributed by atoms with Crippen LogP contribution < -0.4 is 10.6 Å². The zero-order chi connectivity index (χ0) is 25.7. The van der Waals surface area contributed by atoms with Gasteiger partial charge in [-0.25, -0.2) is 18.6 Å². The molecule has 0 aliphatic carbocycles. The zero-order valence-electron chi connectivity index (χ0n) is 19.8. The SMILES string of the molecule is C=C/C=C\C(=C/C)CNc1cc(C2CCN(C(=O)Nc3ccc(F)c(F)c3)CC2)nc2c(Br)cnn12. The summed E-state index contributed by atoms with van der Waals surface area (Å²) in [5.41, 5.74) is 2.97. The molecule has 0 spiro atoms. The Balaban J connectivity index is 1.45. The van der Waals surface area contributed by atoms with Gasteiger partial charge in [-0.1, -0.05) is 30.9 Å². The molecule has 0 unspecified atom stereocenters. The maximum atomic E-state index is 13.5. The number of nitrogens with one attached hydrogen (secondary N) is 2. The Kier molecular flexibility index (Phi) is 8.14. The summed E-state index contributed by atoms with van der Waals surface area (Å²) in [6.07, 6.45) is 10.8. The third-order valence-corrected chi connectivity index (χ3v) is 6.67. The fraction of sp³-hybridized carbons (Fsp3) is 0.269. The summed E-state index contributed by atoms with van der Waals surface area (Å²) in [7, 11) is 0. The standard InChI is InChI=1S/C26H27BrF2N6O/c1-3-5-6-17(4-2)15-30-24-14-23(33-25-20(27)16-31-35(24)25)18-9-11-34(12-10-18)26(36)32-19-7-8-21(28)22(29)13-19/h3-8,13-14,16,18,30H,1,9-12,15H2,2H3,(H,32,36)/b6-5-,17-4+. The maximum absolute atomic E-state index is 13.5. The fourth-order valence-corrected chi connectivity index (χ4v) is 4.43. The van der Waals surface area contributed by atoms with Crippen molar-refractivity contribution < 1.29 is 13.6 Å². The van der Waals surface area contributed by atoms with E-state index in [4.69, 9.17) is 4.98 Å². The second kappa shape index (κ2) is 11.5. The summed E-state index contributed by atoms with van der Waals surface area (Å²) in [6.45, 7) is 7.35. The minimum Gasteiger partial charge on any atom is -0.366 e. The third kappa shape index (κ3) is 5.81. The lowest BCUT2D eigenvalue weighted by molar-refractivity contribution is 0.194. The van der Waals surface area contributed by atoms with Gasteiger partial charge in [0.25, 0.3) is 0 Å². The minimum atomic E-state index is -0.998. The molecule has 7 nitrogen and oxygen atoms in total. The van der Waals surface area contributed by atoms with Crippen LogP contribution in [0.1, 0.15) is 31.4 Å². The lowest BCUT2D eigenvalue weighted by atomic mass is 9.93. The Bertz CT molecular complexity index is 1330. The van der Waals surface area contributed by atoms with Gasteiger partial charge in [-0.15, -0.1) is 0 Å². The summed E-state index contributed by atoms with van der Waals surface area (Å²) < 4.78 is 29.2. The topological polar surface area (TPSA) is 74.6 Å². The Morgan fingerprint density at radius 3 is 2.72 bits per heavy atom. The van der Waals surface area contributed by atoms with Gasteiger partial charge in [-0.3, -0.25) is 0 Å². The first-order valence-corrected chi connectivity index (χ1v) is 12.4. The number of hydrogen-bond acceptors (Lipinski definition) is 4. The monoisotopic (exact) mass is 556 g/mol. The van der Waals surface area contributed by atoms with E-state index >= 15 is 0 Å². The van der Waals surface area contributed by atoms with E-state index in [0.717, 1.165) is 52.2 Å². The molecule has 0 saturated carbocycles. The van der Waals surface area contributed by atoms with E-state index < -0.39 is 11.6 Å². The Morgan fingerprint density at radius 2 is 2.03 bits per heavy atom. The molecule has 1 saturated heterocycles. The minimum absolute atomic E-state index is 0.159. The van der Waals surface area contributed by atoms with Gasteiger partial charge in [0.2, 0.25) is 0 Å². The molecule has 2 N–H and O–H groups in total. The Morgan fingerprint density at radius 1 is 1.25 bits per heavy atom. The van der Waals surface area contributed by atoms with Crippen LogP contribution in [0.4, 0.5) is 25.1 Å². The van der Waals surface area contributed by atoms with Gasteiger partial charge in [-0.05, 0) is 53.4 Å². The van der Waals surface area contributed by atoms with E-state index in [1.165, 1.54) is 6.07 Å². The number of hydrogen-bond donors (Lipinski definition) is 2. The highest BCUT2D eigenvalue weighted by Crippen LogP contribution is 2.31. The number of allylic oxidation sites excluding steroid dienone is 3. The number of halogens is 3. The molecule has 2 aromatic heterocycles. The molecule has 3 aromatic rings. The van der Waals surface area contributed by atoms with Crippen molar-refractivity contribution >= 4 is 39.1 Å². The number of piperidine rings is 1. The van der Waals surface area contributed by atoms with Crippen molar-refractivity contribution in [3.63, 3.8) is 0 Å². The number of carbonyl (C=O) groups excluding carboxylic acids is 1. The smallest absolute Gasteiger partial charge is 0.321 e. The second-order valence-corrected chi connectivity index (χ2v) is 9.28. The van der Waals surface area contributed by atoms with Crippen molar-refractivity contribution in [3.8, 4) is 0 Å². The van der Waals surface area contributed by atoms with Crippen LogP contribution in [0, 0.1) is 11.6 Å². The van der Waals surface area contributed by atoms with E-state index in [2.05, 4.69) is 38.2 Å². The van der Waals surface area contributed by atoms with E-state index in [9.17, 15) is 13.6 Å². The normalized spacial score (nSPS) is 15.0. The predicted octanol–water partition coefficient (Wildman–Crippen LogP) is 6.28. The zero-order valence-corrected chi connectivity index (χ0v) is 21.4. The molecule has 2 amide bonds. The molecule has 3 heterocycles. The quantitative estimate of drug-likeness (QED) is 0.336. The first kappa shape index (κ1) is 25.6. The molecule has 1 fully saturated rings. The summed E-state index contributed by atoms with van der Waals surface area (Å²) >= 11 is 3.54. The van der Waals surface area contributed by atoms with E-state index in [-0.39, 0.29) is 17.6 Å². The largest absolute Gasteiger partial charge is 0.366 e. The van der Waals surface area contributed by atoms with Crippen LogP contribution in [-0.4, -0.2) is 45.2 Å². The van der Waals surface area contributed by atoms with Crippen molar-refractivity contribution in [1.29, 1.82) is 0 Å². The number of carbonyl (C=O) groups is 1. The average molecular weight is 557 g/mol. The van der Waals surface area contributed by atoms with Crippen LogP contribution in [0.2, 0.25) is 0 Å². The summed E-state index contributed by atoms with van der Waals surface area (Å²) in [5.74, 6) is -0.967. The summed E-state index contributed by atoms with van der Waals surface area (Å²) in [6, 6.07) is 4.98. The van der Waals surface area contributed by atoms with Crippen molar-refractivity contribution in [2.24, 2.45) is 0 Å². The molecular weight excluding hydrogens is 530 g/mol. The lowest BCUT2D eigenvalue weighted by Gasteiger charge is -2.32. The number of anilines is 2. The van der Waals surface area contributed by atoms with Crippen LogP contribution in [0.3, 0.4) is 0 Å². The number of likely N-dealkylation sites (tertiary alicyclic amines) is 1. The number of nitrogens with zero attached hydrogens (tertiary/aromatic N) is 4. The van der Waals surface area contributed by atoms with Crippen LogP contribution >= 0.6 is 15.9 Å². The molecule has 1 aromatic carbocycles. The van der Waals surface area contributed by atoms with Crippen LogP contribution in [-0.2, 0) is 0 Å². The molecule has 1 aliphatic heterocycles. The van der Waals surface area contributed by atoms with Gasteiger partial charge in [0.1, 0.15) is 5.82 Å². The van der Waals surface area contributed by atoms with Crippen molar-refractivity contribution in [2.45, 2.75) is 25.7 Å². The number of aromatic nitrogens is 3. The van der Waals surface area contributed by atoms with E-state index in [0.29, 0.717) is 19.6 Å². The predicted molar refractivity (Wildman–Crippen MR) is 141 cm³/mol. The van der Waals surface area contributed by atoms with Gasteiger partial charge in [0.15, 0.2) is 17.3 Å². The highest BCUT2D eigenvalue weighted by Gasteiger charge is 2.26. The first-order chi connectivity index (χ1) is 17.4. The van der Waals surface area contributed by atoms with Crippen molar-refractivity contribution in [3.05, 3.63) is 88.7 Å². The van der Waals surface area contributed by atoms with E-state index in [1.54, 1.807) is 21.7 Å². The highest BCUT2D eigenvalue weighted by atomic mass is 79.9. The molecule has 36 heavy (non-hydrogen) atoms.